The molecule has 6 nitrogen and oxygen atoms in total. The van der Waals surface area contributed by atoms with Gasteiger partial charge in [-0.05, 0) is 74.2 Å². The molecule has 3 unspecified atom stereocenters. The Labute approximate surface area is 217 Å². The molecular formula is C27H38ClN3O3S. The largest absolute Gasteiger partial charge is 0.497 e. The summed E-state index contributed by atoms with van der Waals surface area (Å²) in [5.41, 5.74) is 8.42. The molecule has 3 atom stereocenters. The van der Waals surface area contributed by atoms with E-state index in [0.717, 1.165) is 72.1 Å². The summed E-state index contributed by atoms with van der Waals surface area (Å²) in [6, 6.07) is 5.50. The molecule has 0 bridgehead atoms. The summed E-state index contributed by atoms with van der Waals surface area (Å²) in [6.45, 7) is 2.97. The van der Waals surface area contributed by atoms with E-state index in [1.54, 1.807) is 13.3 Å². The van der Waals surface area contributed by atoms with E-state index < -0.39 is 5.97 Å². The van der Waals surface area contributed by atoms with E-state index in [1.165, 1.54) is 25.7 Å². The van der Waals surface area contributed by atoms with Crippen LogP contribution in [0.25, 0.3) is 10.9 Å². The number of carbonyl (C=O) groups is 1. The summed E-state index contributed by atoms with van der Waals surface area (Å²) < 4.78 is 5.40. The van der Waals surface area contributed by atoms with Crippen molar-refractivity contribution in [3.05, 3.63) is 35.0 Å². The molecule has 1 aromatic heterocycles. The van der Waals surface area contributed by atoms with Gasteiger partial charge in [-0.1, -0.05) is 24.4 Å². The highest BCUT2D eigenvalue weighted by Gasteiger charge is 2.31. The second-order valence-corrected chi connectivity index (χ2v) is 11.9. The fourth-order valence-electron chi connectivity index (χ4n) is 5.81. The van der Waals surface area contributed by atoms with E-state index in [4.69, 9.17) is 22.1 Å². The topological polar surface area (TPSA) is 88.7 Å². The van der Waals surface area contributed by atoms with Crippen molar-refractivity contribution < 1.29 is 14.6 Å². The monoisotopic (exact) mass is 519 g/mol. The number of aliphatic carboxylic acids is 1. The second-order valence-electron chi connectivity index (χ2n) is 10.1. The zero-order chi connectivity index (χ0) is 24.8. The molecule has 35 heavy (non-hydrogen) atoms. The average molecular weight is 520 g/mol. The van der Waals surface area contributed by atoms with Crippen molar-refractivity contribution in [2.45, 2.75) is 62.7 Å². The summed E-state index contributed by atoms with van der Waals surface area (Å²) in [7, 11) is 1.64. The summed E-state index contributed by atoms with van der Waals surface area (Å²) in [6.07, 6.45) is 10.0. The van der Waals surface area contributed by atoms with Crippen LogP contribution in [0.4, 0.5) is 0 Å². The molecule has 1 aromatic carbocycles. The Morgan fingerprint density at radius 1 is 1.31 bits per heavy atom. The Bertz CT molecular complexity index is 1000. The number of benzene rings is 1. The number of ether oxygens (including phenoxy) is 1. The van der Waals surface area contributed by atoms with Gasteiger partial charge in [0.15, 0.2) is 0 Å². The number of carboxylic acids is 1. The van der Waals surface area contributed by atoms with Gasteiger partial charge in [-0.25, -0.2) is 0 Å². The predicted molar refractivity (Wildman–Crippen MR) is 144 cm³/mol. The fraction of sp³-hybridized carbons (Fsp3) is 0.630. The Balaban J connectivity index is 1.37. The van der Waals surface area contributed by atoms with Crippen LogP contribution in [-0.4, -0.2) is 58.7 Å². The maximum absolute atomic E-state index is 11.6. The van der Waals surface area contributed by atoms with Crippen molar-refractivity contribution in [2.24, 2.45) is 17.6 Å². The van der Waals surface area contributed by atoms with Crippen molar-refractivity contribution in [3.63, 3.8) is 0 Å². The zero-order valence-electron chi connectivity index (χ0n) is 20.6. The van der Waals surface area contributed by atoms with Crippen LogP contribution in [0.5, 0.6) is 5.75 Å². The van der Waals surface area contributed by atoms with E-state index >= 15 is 0 Å². The van der Waals surface area contributed by atoms with Gasteiger partial charge in [-0.3, -0.25) is 9.78 Å². The lowest BCUT2D eigenvalue weighted by Crippen LogP contribution is -2.42. The number of likely N-dealkylation sites (tertiary alicyclic amines) is 1. The number of aromatic nitrogens is 1. The van der Waals surface area contributed by atoms with Crippen molar-refractivity contribution in [2.75, 3.05) is 32.5 Å². The number of fused-ring (bicyclic) bond motifs is 1. The van der Waals surface area contributed by atoms with Gasteiger partial charge in [-0.2, -0.15) is 11.8 Å². The number of piperidine rings is 1. The third kappa shape index (κ3) is 7.03. The van der Waals surface area contributed by atoms with Crippen LogP contribution in [0.3, 0.4) is 0 Å². The molecule has 1 saturated carbocycles. The van der Waals surface area contributed by atoms with Crippen LogP contribution < -0.4 is 10.5 Å². The summed E-state index contributed by atoms with van der Waals surface area (Å²) in [5, 5.41) is 11.9. The molecule has 0 radical (unpaired) electrons. The Kier molecular flexibility index (Phi) is 9.56. The molecule has 1 aliphatic carbocycles. The molecule has 1 saturated heterocycles. The Hall–Kier alpha value is -1.54. The Morgan fingerprint density at radius 3 is 2.86 bits per heavy atom. The van der Waals surface area contributed by atoms with E-state index in [0.29, 0.717) is 10.9 Å². The van der Waals surface area contributed by atoms with Crippen LogP contribution in [0.15, 0.2) is 24.4 Å². The third-order valence-corrected chi connectivity index (χ3v) is 9.43. The first-order valence-electron chi connectivity index (χ1n) is 12.9. The molecule has 2 heterocycles. The average Bonchev–Trinajstić information content (AvgIpc) is 3.36. The van der Waals surface area contributed by atoms with Crippen molar-refractivity contribution in [3.8, 4) is 5.75 Å². The molecule has 2 aliphatic rings. The number of methoxy groups -OCH3 is 1. The standard InChI is InChI=1S/C27H38ClN3O3S/c1-34-20-7-9-25-22(15-20)27(23(28)16-30-25)24(29)8-6-18-10-11-31(17-19(18)14-26(32)33)12-13-35-21-4-2-3-5-21/h7,9,15-16,18-19,21,24H,2-6,8,10-14,17,29H2,1H3,(H,32,33). The SMILES string of the molecule is COc1ccc2ncc(Cl)c(C(N)CCC3CCN(CCSC4CCCC4)CC3CC(=O)O)c2c1. The lowest BCUT2D eigenvalue weighted by atomic mass is 9.79. The number of hydrogen-bond acceptors (Lipinski definition) is 6. The van der Waals surface area contributed by atoms with Gasteiger partial charge in [0.25, 0.3) is 0 Å². The number of rotatable bonds is 11. The minimum absolute atomic E-state index is 0.162. The quantitative estimate of drug-likeness (QED) is 0.389. The normalized spacial score (nSPS) is 22.5. The molecule has 2 fully saturated rings. The number of carboxylic acid groups (broad SMARTS) is 1. The van der Waals surface area contributed by atoms with Crippen molar-refractivity contribution in [1.82, 2.24) is 9.88 Å². The lowest BCUT2D eigenvalue weighted by Gasteiger charge is -2.38. The second kappa shape index (κ2) is 12.6. The smallest absolute Gasteiger partial charge is 0.303 e. The molecular weight excluding hydrogens is 482 g/mol. The van der Waals surface area contributed by atoms with Crippen LogP contribution in [0.1, 0.15) is 63.0 Å². The van der Waals surface area contributed by atoms with E-state index in [-0.39, 0.29) is 18.4 Å². The van der Waals surface area contributed by atoms with E-state index in [9.17, 15) is 9.90 Å². The number of nitrogens with zero attached hydrogens (tertiary/aromatic N) is 2. The lowest BCUT2D eigenvalue weighted by molar-refractivity contribution is -0.139. The number of halogens is 1. The molecule has 0 amide bonds. The summed E-state index contributed by atoms with van der Waals surface area (Å²) >= 11 is 8.67. The number of pyridine rings is 1. The Morgan fingerprint density at radius 2 is 2.11 bits per heavy atom. The number of hydrogen-bond donors (Lipinski definition) is 2. The van der Waals surface area contributed by atoms with E-state index in [1.807, 2.05) is 18.2 Å². The minimum atomic E-state index is -0.707. The first-order valence-corrected chi connectivity index (χ1v) is 14.3. The molecule has 192 valence electrons. The first-order chi connectivity index (χ1) is 16.9. The molecule has 4 rings (SSSR count). The summed E-state index contributed by atoms with van der Waals surface area (Å²) in [5.74, 6) is 1.71. The van der Waals surface area contributed by atoms with Gasteiger partial charge in [0.2, 0.25) is 0 Å². The fourth-order valence-corrected chi connectivity index (χ4v) is 7.46. The van der Waals surface area contributed by atoms with Gasteiger partial charge in [-0.15, -0.1) is 0 Å². The van der Waals surface area contributed by atoms with Gasteiger partial charge < -0.3 is 20.5 Å². The van der Waals surface area contributed by atoms with E-state index in [2.05, 4.69) is 21.6 Å². The molecule has 2 aromatic rings. The van der Waals surface area contributed by atoms with Gasteiger partial charge in [0, 0.05) is 48.1 Å². The van der Waals surface area contributed by atoms with Gasteiger partial charge in [0.05, 0.1) is 17.6 Å². The van der Waals surface area contributed by atoms with Gasteiger partial charge in [0.1, 0.15) is 5.75 Å². The molecule has 0 spiro atoms. The summed E-state index contributed by atoms with van der Waals surface area (Å²) in [4.78, 5) is 18.5. The van der Waals surface area contributed by atoms with Crippen LogP contribution in [0.2, 0.25) is 5.02 Å². The van der Waals surface area contributed by atoms with Gasteiger partial charge >= 0.3 is 5.97 Å². The number of nitrogens with two attached hydrogens (primary N) is 1. The third-order valence-electron chi connectivity index (χ3n) is 7.76. The first kappa shape index (κ1) is 26.5. The molecule has 3 N–H and O–H groups in total. The number of thioether (sulfide) groups is 1. The van der Waals surface area contributed by atoms with Crippen LogP contribution in [0, 0.1) is 11.8 Å². The predicted octanol–water partition coefficient (Wildman–Crippen LogP) is 5.77. The minimum Gasteiger partial charge on any atom is -0.497 e. The van der Waals surface area contributed by atoms with Crippen molar-refractivity contribution in [1.29, 1.82) is 0 Å². The highest BCUT2D eigenvalue weighted by atomic mass is 35.5. The van der Waals surface area contributed by atoms with Crippen LogP contribution in [-0.2, 0) is 4.79 Å². The maximum atomic E-state index is 11.6. The van der Waals surface area contributed by atoms with Crippen molar-refractivity contribution >= 4 is 40.2 Å². The molecule has 8 heteroatoms. The highest BCUT2D eigenvalue weighted by molar-refractivity contribution is 7.99. The van der Waals surface area contributed by atoms with Crippen LogP contribution >= 0.6 is 23.4 Å². The highest BCUT2D eigenvalue weighted by Crippen LogP contribution is 2.37. The molecule has 1 aliphatic heterocycles. The maximum Gasteiger partial charge on any atom is 0.303 e. The zero-order valence-corrected chi connectivity index (χ0v) is 22.2.